The third-order valence-electron chi connectivity index (χ3n) is 4.42. The predicted molar refractivity (Wildman–Crippen MR) is 91.5 cm³/mol. The van der Waals surface area contributed by atoms with E-state index in [0.717, 1.165) is 5.65 Å². The molecular weight excluding hydrogens is 336 g/mol. The summed E-state index contributed by atoms with van der Waals surface area (Å²) >= 11 is 0. The number of amides is 1. The van der Waals surface area contributed by atoms with Gasteiger partial charge in [0.05, 0.1) is 25.1 Å². The highest BCUT2D eigenvalue weighted by Gasteiger charge is 2.33. The quantitative estimate of drug-likeness (QED) is 0.704. The average molecular weight is 356 g/mol. The van der Waals surface area contributed by atoms with Gasteiger partial charge in [-0.1, -0.05) is 13.8 Å². The molecule has 136 valence electrons. The van der Waals surface area contributed by atoms with Gasteiger partial charge in [-0.3, -0.25) is 4.79 Å². The molecule has 0 N–H and O–H groups in total. The zero-order chi connectivity index (χ0) is 18.3. The van der Waals surface area contributed by atoms with Crippen LogP contribution in [0.25, 0.3) is 11.2 Å². The Bertz CT molecular complexity index is 947. The molecule has 4 rings (SSSR count). The first-order chi connectivity index (χ1) is 12.5. The van der Waals surface area contributed by atoms with E-state index in [0.29, 0.717) is 42.6 Å². The Morgan fingerprint density at radius 1 is 1.31 bits per heavy atom. The minimum Gasteiger partial charge on any atom is -0.423 e. The van der Waals surface area contributed by atoms with Crippen LogP contribution >= 0.6 is 0 Å². The van der Waals surface area contributed by atoms with Crippen LogP contribution in [0.4, 0.5) is 0 Å². The molecule has 1 unspecified atom stereocenters. The average Bonchev–Trinajstić information content (AvgIpc) is 3.28. The highest BCUT2D eigenvalue weighted by atomic mass is 16.5. The number of ether oxygens (including phenoxy) is 1. The van der Waals surface area contributed by atoms with Crippen molar-refractivity contribution < 1.29 is 13.9 Å². The number of fused-ring (bicyclic) bond motifs is 1. The Morgan fingerprint density at radius 2 is 2.15 bits per heavy atom. The highest BCUT2D eigenvalue weighted by Crippen LogP contribution is 2.27. The van der Waals surface area contributed by atoms with Gasteiger partial charge in [-0.25, -0.2) is 9.97 Å². The summed E-state index contributed by atoms with van der Waals surface area (Å²) in [5.41, 5.74) is 1.90. The number of aromatic nitrogens is 5. The molecule has 26 heavy (non-hydrogen) atoms. The van der Waals surface area contributed by atoms with Gasteiger partial charge in [0, 0.05) is 25.7 Å². The van der Waals surface area contributed by atoms with E-state index in [1.54, 1.807) is 23.5 Å². The lowest BCUT2D eigenvalue weighted by Gasteiger charge is -2.33. The van der Waals surface area contributed by atoms with Crippen LogP contribution in [0.2, 0.25) is 0 Å². The van der Waals surface area contributed by atoms with E-state index in [-0.39, 0.29) is 11.8 Å². The zero-order valence-corrected chi connectivity index (χ0v) is 14.9. The van der Waals surface area contributed by atoms with Gasteiger partial charge in [0.25, 0.3) is 5.91 Å². The number of rotatable bonds is 3. The molecule has 0 saturated carbocycles. The number of hydrogen-bond acceptors (Lipinski definition) is 7. The number of aryl methyl sites for hydroxylation is 1. The smallest absolute Gasteiger partial charge is 0.256 e. The SMILES string of the molecule is CC(C)c1nnc(C2COCCN2C(=O)c2cnc3c(c2)ncn3C)o1. The molecule has 1 saturated heterocycles. The van der Waals surface area contributed by atoms with E-state index in [4.69, 9.17) is 9.15 Å². The van der Waals surface area contributed by atoms with Crippen molar-refractivity contribution >= 4 is 17.1 Å². The second-order valence-corrected chi connectivity index (χ2v) is 6.64. The minimum atomic E-state index is -0.407. The maximum Gasteiger partial charge on any atom is 0.256 e. The van der Waals surface area contributed by atoms with Gasteiger partial charge in [-0.15, -0.1) is 10.2 Å². The van der Waals surface area contributed by atoms with Gasteiger partial charge in [0.2, 0.25) is 11.8 Å². The molecule has 9 nitrogen and oxygen atoms in total. The van der Waals surface area contributed by atoms with E-state index in [1.807, 2.05) is 25.5 Å². The van der Waals surface area contributed by atoms with Crippen LogP contribution < -0.4 is 0 Å². The number of nitrogens with zero attached hydrogens (tertiary/aromatic N) is 6. The van der Waals surface area contributed by atoms with E-state index < -0.39 is 6.04 Å². The number of morpholine rings is 1. The van der Waals surface area contributed by atoms with Crippen molar-refractivity contribution in [2.24, 2.45) is 7.05 Å². The first-order valence-corrected chi connectivity index (χ1v) is 8.53. The summed E-state index contributed by atoms with van der Waals surface area (Å²) in [7, 11) is 1.86. The van der Waals surface area contributed by atoms with Crippen molar-refractivity contribution in [3.05, 3.63) is 35.9 Å². The third kappa shape index (κ3) is 2.84. The zero-order valence-electron chi connectivity index (χ0n) is 14.9. The first kappa shape index (κ1) is 16.6. The van der Waals surface area contributed by atoms with Gasteiger partial charge < -0.3 is 18.6 Å². The van der Waals surface area contributed by atoms with E-state index in [1.165, 1.54) is 0 Å². The lowest BCUT2D eigenvalue weighted by Crippen LogP contribution is -2.43. The van der Waals surface area contributed by atoms with Crippen molar-refractivity contribution in [3.8, 4) is 0 Å². The van der Waals surface area contributed by atoms with Gasteiger partial charge >= 0.3 is 0 Å². The fourth-order valence-electron chi connectivity index (χ4n) is 2.96. The van der Waals surface area contributed by atoms with Crippen molar-refractivity contribution in [1.29, 1.82) is 0 Å². The number of pyridine rings is 1. The van der Waals surface area contributed by atoms with Crippen LogP contribution in [0.15, 0.2) is 23.0 Å². The Hall–Kier alpha value is -2.81. The van der Waals surface area contributed by atoms with Crippen LogP contribution in [0.5, 0.6) is 0 Å². The van der Waals surface area contributed by atoms with Crippen molar-refractivity contribution in [1.82, 2.24) is 29.6 Å². The minimum absolute atomic E-state index is 0.126. The van der Waals surface area contributed by atoms with Crippen LogP contribution in [0.3, 0.4) is 0 Å². The van der Waals surface area contributed by atoms with Gasteiger partial charge in [0.15, 0.2) is 5.65 Å². The van der Waals surface area contributed by atoms with Crippen molar-refractivity contribution in [2.45, 2.75) is 25.8 Å². The number of carbonyl (C=O) groups excluding carboxylic acids is 1. The fraction of sp³-hybridized carbons (Fsp3) is 0.471. The maximum absolute atomic E-state index is 13.1. The molecule has 0 bridgehead atoms. The predicted octanol–water partition coefficient (Wildman–Crippen LogP) is 1.69. The molecule has 9 heteroatoms. The van der Waals surface area contributed by atoms with Crippen LogP contribution in [0.1, 0.15) is 47.9 Å². The topological polar surface area (TPSA) is 99.2 Å². The lowest BCUT2D eigenvalue weighted by molar-refractivity contribution is -0.0107. The molecule has 1 aliphatic heterocycles. The van der Waals surface area contributed by atoms with Gasteiger partial charge in [0.1, 0.15) is 11.6 Å². The molecule has 0 aliphatic carbocycles. The largest absolute Gasteiger partial charge is 0.423 e. The van der Waals surface area contributed by atoms with Crippen LogP contribution in [0, 0.1) is 0 Å². The monoisotopic (exact) mass is 356 g/mol. The summed E-state index contributed by atoms with van der Waals surface area (Å²) in [5.74, 6) is 0.923. The number of hydrogen-bond donors (Lipinski definition) is 0. The second-order valence-electron chi connectivity index (χ2n) is 6.64. The Kier molecular flexibility index (Phi) is 4.15. The third-order valence-corrected chi connectivity index (χ3v) is 4.42. The second kappa shape index (κ2) is 6.49. The molecule has 1 amide bonds. The lowest BCUT2D eigenvalue weighted by atomic mass is 10.1. The molecule has 0 spiro atoms. The number of carbonyl (C=O) groups is 1. The molecule has 0 radical (unpaired) electrons. The maximum atomic E-state index is 13.1. The summed E-state index contributed by atoms with van der Waals surface area (Å²) in [6.45, 7) is 5.19. The molecule has 1 fully saturated rings. The summed E-state index contributed by atoms with van der Waals surface area (Å²) < 4.78 is 13.1. The van der Waals surface area contributed by atoms with E-state index in [9.17, 15) is 4.79 Å². The van der Waals surface area contributed by atoms with Crippen molar-refractivity contribution in [2.75, 3.05) is 19.8 Å². The molecule has 3 aromatic rings. The fourth-order valence-corrected chi connectivity index (χ4v) is 2.96. The number of imidazole rings is 1. The summed E-state index contributed by atoms with van der Waals surface area (Å²) in [6, 6.07) is 1.35. The van der Waals surface area contributed by atoms with Gasteiger partial charge in [-0.05, 0) is 6.07 Å². The molecular formula is C17H20N6O3. The summed E-state index contributed by atoms with van der Waals surface area (Å²) in [5, 5.41) is 8.18. The molecule has 0 aromatic carbocycles. The first-order valence-electron chi connectivity index (χ1n) is 8.53. The highest BCUT2D eigenvalue weighted by molar-refractivity contribution is 5.96. The standard InChI is InChI=1S/C17H20N6O3/c1-10(2)15-20-21-16(26-15)13-8-25-5-4-23(13)17(24)11-6-12-14(18-7-11)22(3)9-19-12/h6-7,9-10,13H,4-5,8H2,1-3H3. The van der Waals surface area contributed by atoms with Crippen LogP contribution in [-0.2, 0) is 11.8 Å². The van der Waals surface area contributed by atoms with Gasteiger partial charge in [-0.2, -0.15) is 0 Å². The summed E-state index contributed by atoms with van der Waals surface area (Å²) in [6.07, 6.45) is 3.25. The van der Waals surface area contributed by atoms with E-state index >= 15 is 0 Å². The Labute approximate surface area is 150 Å². The van der Waals surface area contributed by atoms with E-state index in [2.05, 4.69) is 20.2 Å². The molecule has 1 atom stereocenters. The Morgan fingerprint density at radius 3 is 2.92 bits per heavy atom. The molecule has 3 aromatic heterocycles. The van der Waals surface area contributed by atoms with Crippen LogP contribution in [-0.4, -0.2) is 55.3 Å². The Balaban J connectivity index is 1.64. The molecule has 4 heterocycles. The van der Waals surface area contributed by atoms with Crippen molar-refractivity contribution in [3.63, 3.8) is 0 Å². The normalized spacial score (nSPS) is 18.0. The molecule has 1 aliphatic rings. The summed E-state index contributed by atoms with van der Waals surface area (Å²) in [4.78, 5) is 23.4.